The SMILES string of the molecule is C=CCOC(=O)c1sc(NC(=O)CN2CCCC(C(=O)NCC)C2)c(C(=O)OCC)c1C. The number of nitrogens with zero attached hydrogens (tertiary/aromatic N) is 1. The molecule has 10 heteroatoms. The van der Waals surface area contributed by atoms with Crippen molar-refractivity contribution in [2.75, 3.05) is 44.7 Å². The van der Waals surface area contributed by atoms with E-state index >= 15 is 0 Å². The fraction of sp³-hybridized carbons (Fsp3) is 0.545. The predicted octanol–water partition coefficient (Wildman–Crippen LogP) is 2.36. The summed E-state index contributed by atoms with van der Waals surface area (Å²) in [6.45, 7) is 10.7. The molecular formula is C22H31N3O6S. The van der Waals surface area contributed by atoms with Crippen molar-refractivity contribution in [2.45, 2.75) is 33.6 Å². The zero-order valence-electron chi connectivity index (χ0n) is 18.8. The van der Waals surface area contributed by atoms with E-state index in [1.54, 1.807) is 13.8 Å². The third kappa shape index (κ3) is 6.64. The van der Waals surface area contributed by atoms with Crippen LogP contribution < -0.4 is 10.6 Å². The average Bonchev–Trinajstić information content (AvgIpc) is 3.08. The van der Waals surface area contributed by atoms with Gasteiger partial charge >= 0.3 is 11.9 Å². The third-order valence-corrected chi connectivity index (χ3v) is 6.18. The molecule has 2 N–H and O–H groups in total. The number of amides is 2. The molecule has 0 radical (unpaired) electrons. The maximum absolute atomic E-state index is 12.7. The molecule has 1 aliphatic rings. The number of rotatable bonds is 10. The molecule has 32 heavy (non-hydrogen) atoms. The van der Waals surface area contributed by atoms with Crippen LogP contribution in [0.3, 0.4) is 0 Å². The van der Waals surface area contributed by atoms with Crippen molar-refractivity contribution in [3.05, 3.63) is 28.7 Å². The minimum atomic E-state index is -0.617. The van der Waals surface area contributed by atoms with Crippen LogP contribution in [0.15, 0.2) is 12.7 Å². The largest absolute Gasteiger partial charge is 0.462 e. The molecule has 1 saturated heterocycles. The zero-order chi connectivity index (χ0) is 23.7. The summed E-state index contributed by atoms with van der Waals surface area (Å²) in [5.41, 5.74) is 0.543. The summed E-state index contributed by atoms with van der Waals surface area (Å²) in [6.07, 6.45) is 3.06. The van der Waals surface area contributed by atoms with Gasteiger partial charge in [0, 0.05) is 13.1 Å². The van der Waals surface area contributed by atoms with Gasteiger partial charge in [0.15, 0.2) is 0 Å². The molecule has 1 fully saturated rings. The van der Waals surface area contributed by atoms with E-state index in [0.717, 1.165) is 24.2 Å². The Hall–Kier alpha value is -2.72. The number of carbonyl (C=O) groups excluding carboxylic acids is 4. The molecule has 2 heterocycles. The normalized spacial score (nSPS) is 16.2. The van der Waals surface area contributed by atoms with Gasteiger partial charge in [0.05, 0.1) is 24.6 Å². The molecule has 0 bridgehead atoms. The van der Waals surface area contributed by atoms with E-state index in [4.69, 9.17) is 9.47 Å². The summed E-state index contributed by atoms with van der Waals surface area (Å²) < 4.78 is 10.2. The van der Waals surface area contributed by atoms with Gasteiger partial charge < -0.3 is 20.1 Å². The fourth-order valence-electron chi connectivity index (χ4n) is 3.55. The summed E-state index contributed by atoms with van der Waals surface area (Å²) in [6, 6.07) is 0. The molecule has 2 rings (SSSR count). The first-order valence-electron chi connectivity index (χ1n) is 10.7. The van der Waals surface area contributed by atoms with Crippen molar-refractivity contribution in [1.29, 1.82) is 0 Å². The summed E-state index contributed by atoms with van der Waals surface area (Å²) in [5.74, 6) is -1.70. The van der Waals surface area contributed by atoms with E-state index in [-0.39, 0.29) is 52.9 Å². The lowest BCUT2D eigenvalue weighted by molar-refractivity contribution is -0.127. The predicted molar refractivity (Wildman–Crippen MR) is 122 cm³/mol. The molecule has 0 saturated carbocycles. The molecule has 9 nitrogen and oxygen atoms in total. The molecule has 0 aromatic carbocycles. The standard InChI is InChI=1S/C22H31N3O6S/c1-5-11-31-22(29)18-14(4)17(21(28)30-7-3)20(32-18)24-16(26)13-25-10-8-9-15(12-25)19(27)23-6-2/h5,15H,1,6-13H2,2-4H3,(H,23,27)(H,24,26). The Morgan fingerprint density at radius 2 is 1.97 bits per heavy atom. The quantitative estimate of drug-likeness (QED) is 0.403. The van der Waals surface area contributed by atoms with E-state index in [1.807, 2.05) is 11.8 Å². The second-order valence-corrected chi connectivity index (χ2v) is 8.41. The first-order chi connectivity index (χ1) is 15.3. The summed E-state index contributed by atoms with van der Waals surface area (Å²) in [4.78, 5) is 51.9. The Morgan fingerprint density at radius 3 is 2.62 bits per heavy atom. The van der Waals surface area contributed by atoms with Crippen molar-refractivity contribution in [1.82, 2.24) is 10.2 Å². The molecule has 1 atom stereocenters. The second-order valence-electron chi connectivity index (χ2n) is 7.38. The van der Waals surface area contributed by atoms with Crippen molar-refractivity contribution in [3.63, 3.8) is 0 Å². The number of carbonyl (C=O) groups is 4. The molecule has 0 spiro atoms. The molecular weight excluding hydrogens is 434 g/mol. The lowest BCUT2D eigenvalue weighted by Gasteiger charge is -2.31. The van der Waals surface area contributed by atoms with Gasteiger partial charge in [-0.1, -0.05) is 12.7 Å². The lowest BCUT2D eigenvalue weighted by Crippen LogP contribution is -2.45. The monoisotopic (exact) mass is 465 g/mol. The van der Waals surface area contributed by atoms with Crippen LogP contribution in [0.1, 0.15) is 52.3 Å². The van der Waals surface area contributed by atoms with E-state index in [1.165, 1.54) is 6.08 Å². The maximum atomic E-state index is 12.7. The highest BCUT2D eigenvalue weighted by Gasteiger charge is 2.29. The fourth-order valence-corrected chi connectivity index (χ4v) is 4.65. The van der Waals surface area contributed by atoms with Gasteiger partial charge in [0.25, 0.3) is 0 Å². The van der Waals surface area contributed by atoms with E-state index in [0.29, 0.717) is 25.2 Å². The highest BCUT2D eigenvalue weighted by atomic mass is 32.1. The van der Waals surface area contributed by atoms with E-state index in [9.17, 15) is 19.2 Å². The lowest BCUT2D eigenvalue weighted by atomic mass is 9.97. The van der Waals surface area contributed by atoms with Gasteiger partial charge in [0.1, 0.15) is 16.5 Å². The van der Waals surface area contributed by atoms with Gasteiger partial charge in [-0.2, -0.15) is 0 Å². The number of piperidine rings is 1. The molecule has 1 aliphatic heterocycles. The number of anilines is 1. The third-order valence-electron chi connectivity index (χ3n) is 4.99. The molecule has 1 aromatic heterocycles. The number of hydrogen-bond acceptors (Lipinski definition) is 8. The number of hydrogen-bond donors (Lipinski definition) is 2. The van der Waals surface area contributed by atoms with Crippen molar-refractivity contribution in [2.24, 2.45) is 5.92 Å². The molecule has 1 aromatic rings. The topological polar surface area (TPSA) is 114 Å². The summed E-state index contributed by atoms with van der Waals surface area (Å²) in [5, 5.41) is 5.82. The summed E-state index contributed by atoms with van der Waals surface area (Å²) >= 11 is 0.977. The number of likely N-dealkylation sites (tertiary alicyclic amines) is 1. The van der Waals surface area contributed by atoms with Gasteiger partial charge in [-0.25, -0.2) is 9.59 Å². The van der Waals surface area contributed by atoms with Crippen LogP contribution in [-0.4, -0.2) is 68.0 Å². The van der Waals surface area contributed by atoms with Crippen LogP contribution in [0.2, 0.25) is 0 Å². The van der Waals surface area contributed by atoms with Gasteiger partial charge in [-0.15, -0.1) is 11.3 Å². The zero-order valence-corrected chi connectivity index (χ0v) is 19.6. The van der Waals surface area contributed by atoms with E-state index < -0.39 is 11.9 Å². The Kier molecular flexibility index (Phi) is 9.86. The summed E-state index contributed by atoms with van der Waals surface area (Å²) in [7, 11) is 0. The minimum absolute atomic E-state index is 0.00114. The Labute approximate surface area is 192 Å². The Balaban J connectivity index is 2.14. The van der Waals surface area contributed by atoms with Crippen LogP contribution in [0.4, 0.5) is 5.00 Å². The van der Waals surface area contributed by atoms with Crippen LogP contribution in [0.5, 0.6) is 0 Å². The number of esters is 2. The minimum Gasteiger partial charge on any atom is -0.462 e. The second kappa shape index (κ2) is 12.4. The van der Waals surface area contributed by atoms with Crippen LogP contribution >= 0.6 is 11.3 Å². The van der Waals surface area contributed by atoms with Crippen molar-refractivity contribution in [3.8, 4) is 0 Å². The first kappa shape index (κ1) is 25.5. The van der Waals surface area contributed by atoms with Gasteiger partial charge in [0.2, 0.25) is 11.8 Å². The molecule has 1 unspecified atom stereocenters. The van der Waals surface area contributed by atoms with Gasteiger partial charge in [-0.05, 0) is 45.7 Å². The van der Waals surface area contributed by atoms with Crippen LogP contribution in [0.25, 0.3) is 0 Å². The highest BCUT2D eigenvalue weighted by Crippen LogP contribution is 2.34. The van der Waals surface area contributed by atoms with Crippen LogP contribution in [-0.2, 0) is 19.1 Å². The van der Waals surface area contributed by atoms with E-state index in [2.05, 4.69) is 17.2 Å². The Bertz CT molecular complexity index is 866. The number of nitrogens with one attached hydrogen (secondary N) is 2. The maximum Gasteiger partial charge on any atom is 0.348 e. The first-order valence-corrected chi connectivity index (χ1v) is 11.5. The highest BCUT2D eigenvalue weighted by molar-refractivity contribution is 7.18. The number of thiophene rings is 1. The smallest absolute Gasteiger partial charge is 0.348 e. The Morgan fingerprint density at radius 1 is 1.22 bits per heavy atom. The van der Waals surface area contributed by atoms with Crippen molar-refractivity contribution < 1.29 is 28.7 Å². The van der Waals surface area contributed by atoms with Crippen molar-refractivity contribution >= 4 is 40.1 Å². The number of ether oxygens (including phenoxy) is 2. The molecule has 176 valence electrons. The van der Waals surface area contributed by atoms with Gasteiger partial charge in [-0.3, -0.25) is 14.5 Å². The average molecular weight is 466 g/mol. The van der Waals surface area contributed by atoms with Crippen LogP contribution in [0, 0.1) is 12.8 Å². The molecule has 2 amide bonds. The molecule has 0 aliphatic carbocycles.